The Morgan fingerprint density at radius 2 is 1.40 bits per heavy atom. The van der Waals surface area contributed by atoms with Crippen LogP contribution in [-0.2, 0) is 0 Å². The summed E-state index contributed by atoms with van der Waals surface area (Å²) in [6.07, 6.45) is 0. The highest BCUT2D eigenvalue weighted by atomic mass is 32.1. The highest BCUT2D eigenvalue weighted by molar-refractivity contribution is 7.59. The molecule has 3 heteroatoms. The lowest BCUT2D eigenvalue weighted by Crippen LogP contribution is -1.78. The minimum atomic E-state index is -0.0913. The molecule has 0 aromatic heterocycles. The van der Waals surface area contributed by atoms with E-state index < -0.39 is 0 Å². The van der Waals surface area contributed by atoms with Crippen LogP contribution < -0.4 is 0 Å². The van der Waals surface area contributed by atoms with Gasteiger partial charge in [-0.15, -0.1) is 0 Å². The molecule has 2 nitrogen and oxygen atoms in total. The number of benzene rings is 2. The summed E-state index contributed by atoms with van der Waals surface area (Å²) in [6, 6.07) is 14.4. The van der Waals surface area contributed by atoms with Crippen LogP contribution in [0.25, 0.3) is 11.1 Å². The fourth-order valence-electron chi connectivity index (χ4n) is 1.38. The molecular weight excluding hydrogens is 208 g/mol. The third-order valence-electron chi connectivity index (χ3n) is 2.10. The zero-order chi connectivity index (χ0) is 9.97. The zero-order valence-electron chi connectivity index (χ0n) is 8.01. The lowest BCUT2D eigenvalue weighted by atomic mass is 10.0. The highest BCUT2D eigenvalue weighted by Gasteiger charge is 2.06. The molecular formula is C12H12O2S. The van der Waals surface area contributed by atoms with Crippen molar-refractivity contribution in [2.45, 2.75) is 0 Å². The van der Waals surface area contributed by atoms with Crippen molar-refractivity contribution < 1.29 is 10.2 Å². The molecule has 0 saturated heterocycles. The number of phenols is 2. The molecule has 2 N–H and O–H groups in total. The standard InChI is InChI=1S/C12H10O2.H2S/c13-11-8-4-7-10(12(11)14)9-5-2-1-3-6-9;/h1-8,13-14H;1H2. The Labute approximate surface area is 95.3 Å². The molecule has 2 rings (SSSR count). The quantitative estimate of drug-likeness (QED) is 0.725. The number of phenolic OH excluding ortho intramolecular Hbond substituents is 2. The molecule has 0 spiro atoms. The maximum Gasteiger partial charge on any atom is 0.165 e. The Morgan fingerprint density at radius 1 is 0.733 bits per heavy atom. The van der Waals surface area contributed by atoms with Crippen molar-refractivity contribution in [2.75, 3.05) is 0 Å². The molecule has 0 bridgehead atoms. The second-order valence-electron chi connectivity index (χ2n) is 3.04. The lowest BCUT2D eigenvalue weighted by Gasteiger charge is -2.05. The average molecular weight is 220 g/mol. The van der Waals surface area contributed by atoms with Crippen molar-refractivity contribution in [3.63, 3.8) is 0 Å². The van der Waals surface area contributed by atoms with E-state index in [1.807, 2.05) is 30.3 Å². The van der Waals surface area contributed by atoms with Gasteiger partial charge < -0.3 is 10.2 Å². The first-order valence-corrected chi connectivity index (χ1v) is 4.35. The van der Waals surface area contributed by atoms with Crippen molar-refractivity contribution in [3.05, 3.63) is 48.5 Å². The lowest BCUT2D eigenvalue weighted by molar-refractivity contribution is 0.405. The van der Waals surface area contributed by atoms with Gasteiger partial charge >= 0.3 is 0 Å². The molecule has 0 aliphatic rings. The molecule has 2 aromatic rings. The normalized spacial score (nSPS) is 9.33. The third-order valence-corrected chi connectivity index (χ3v) is 2.10. The average Bonchev–Trinajstić information content (AvgIpc) is 2.23. The second-order valence-corrected chi connectivity index (χ2v) is 3.04. The first kappa shape index (κ1) is 11.5. The monoisotopic (exact) mass is 220 g/mol. The molecule has 0 heterocycles. The van der Waals surface area contributed by atoms with Crippen molar-refractivity contribution in [1.82, 2.24) is 0 Å². The topological polar surface area (TPSA) is 40.5 Å². The van der Waals surface area contributed by atoms with Gasteiger partial charge in [-0.1, -0.05) is 42.5 Å². The summed E-state index contributed by atoms with van der Waals surface area (Å²) in [5, 5.41) is 18.9. The van der Waals surface area contributed by atoms with Gasteiger partial charge in [0.15, 0.2) is 11.5 Å². The Balaban J connectivity index is 0.00000112. The molecule has 2 aromatic carbocycles. The highest BCUT2D eigenvalue weighted by Crippen LogP contribution is 2.35. The van der Waals surface area contributed by atoms with E-state index in [4.69, 9.17) is 0 Å². The summed E-state index contributed by atoms with van der Waals surface area (Å²) in [4.78, 5) is 0. The van der Waals surface area contributed by atoms with Gasteiger partial charge in [-0.2, -0.15) is 13.5 Å². The molecule has 0 atom stereocenters. The van der Waals surface area contributed by atoms with Crippen LogP contribution in [0.3, 0.4) is 0 Å². The van der Waals surface area contributed by atoms with E-state index in [1.54, 1.807) is 12.1 Å². The summed E-state index contributed by atoms with van der Waals surface area (Å²) in [5.41, 5.74) is 1.53. The summed E-state index contributed by atoms with van der Waals surface area (Å²) < 4.78 is 0. The first-order chi connectivity index (χ1) is 6.79. The zero-order valence-corrected chi connectivity index (χ0v) is 9.01. The largest absolute Gasteiger partial charge is 0.504 e. The Kier molecular flexibility index (Phi) is 3.63. The van der Waals surface area contributed by atoms with E-state index in [0.717, 1.165) is 5.56 Å². The number of rotatable bonds is 1. The molecule has 0 saturated carbocycles. The molecule has 0 fully saturated rings. The maximum atomic E-state index is 9.60. The Bertz CT molecular complexity index is 441. The van der Waals surface area contributed by atoms with E-state index in [0.29, 0.717) is 5.56 Å². The number of hydrogen-bond donors (Lipinski definition) is 2. The van der Waals surface area contributed by atoms with E-state index in [1.165, 1.54) is 6.07 Å². The van der Waals surface area contributed by atoms with Crippen LogP contribution in [0, 0.1) is 0 Å². The van der Waals surface area contributed by atoms with E-state index in [2.05, 4.69) is 0 Å². The second kappa shape index (κ2) is 4.75. The fourth-order valence-corrected chi connectivity index (χ4v) is 1.38. The van der Waals surface area contributed by atoms with E-state index in [9.17, 15) is 10.2 Å². The molecule has 15 heavy (non-hydrogen) atoms. The molecule has 0 amide bonds. The smallest absolute Gasteiger partial charge is 0.165 e. The van der Waals surface area contributed by atoms with Gasteiger partial charge in [0, 0.05) is 5.56 Å². The van der Waals surface area contributed by atoms with Crippen LogP contribution in [0.2, 0.25) is 0 Å². The SMILES string of the molecule is Oc1cccc(-c2ccccc2)c1O.S. The summed E-state index contributed by atoms with van der Waals surface area (Å²) in [5.74, 6) is -0.162. The molecule has 0 radical (unpaired) electrons. The minimum Gasteiger partial charge on any atom is -0.504 e. The van der Waals surface area contributed by atoms with Crippen molar-refractivity contribution in [2.24, 2.45) is 0 Å². The fraction of sp³-hybridized carbons (Fsp3) is 0. The number of para-hydroxylation sites is 1. The Morgan fingerprint density at radius 3 is 2.07 bits per heavy atom. The van der Waals surface area contributed by atoms with Gasteiger partial charge in [-0.05, 0) is 11.6 Å². The van der Waals surface area contributed by atoms with Gasteiger partial charge in [0.1, 0.15) is 0 Å². The van der Waals surface area contributed by atoms with Crippen LogP contribution in [-0.4, -0.2) is 10.2 Å². The number of hydrogen-bond acceptors (Lipinski definition) is 2. The van der Waals surface area contributed by atoms with Gasteiger partial charge in [-0.3, -0.25) is 0 Å². The van der Waals surface area contributed by atoms with Crippen molar-refractivity contribution in [3.8, 4) is 22.6 Å². The molecule has 0 unspecified atom stereocenters. The van der Waals surface area contributed by atoms with Crippen molar-refractivity contribution in [1.29, 1.82) is 0 Å². The van der Waals surface area contributed by atoms with Crippen LogP contribution in [0.1, 0.15) is 0 Å². The predicted molar refractivity (Wildman–Crippen MR) is 65.6 cm³/mol. The van der Waals surface area contributed by atoms with Crippen LogP contribution in [0.4, 0.5) is 0 Å². The molecule has 0 aliphatic heterocycles. The van der Waals surface area contributed by atoms with Gasteiger partial charge in [0.2, 0.25) is 0 Å². The van der Waals surface area contributed by atoms with Gasteiger partial charge in [0.25, 0.3) is 0 Å². The van der Waals surface area contributed by atoms with E-state index >= 15 is 0 Å². The summed E-state index contributed by atoms with van der Waals surface area (Å²) >= 11 is 0. The minimum absolute atomic E-state index is 0. The summed E-state index contributed by atoms with van der Waals surface area (Å²) in [7, 11) is 0. The molecule has 78 valence electrons. The van der Waals surface area contributed by atoms with Crippen molar-refractivity contribution >= 4 is 13.5 Å². The van der Waals surface area contributed by atoms with Crippen LogP contribution >= 0.6 is 13.5 Å². The number of aromatic hydroxyl groups is 2. The maximum absolute atomic E-state index is 9.60. The summed E-state index contributed by atoms with van der Waals surface area (Å²) in [6.45, 7) is 0. The van der Waals surface area contributed by atoms with Crippen LogP contribution in [0.15, 0.2) is 48.5 Å². The Hall–Kier alpha value is -1.61. The van der Waals surface area contributed by atoms with Gasteiger partial charge in [0.05, 0.1) is 0 Å². The van der Waals surface area contributed by atoms with Crippen LogP contribution in [0.5, 0.6) is 11.5 Å². The first-order valence-electron chi connectivity index (χ1n) is 4.35. The molecule has 0 aliphatic carbocycles. The van der Waals surface area contributed by atoms with Gasteiger partial charge in [-0.25, -0.2) is 0 Å². The third kappa shape index (κ3) is 2.25. The predicted octanol–water partition coefficient (Wildman–Crippen LogP) is 2.88. The van der Waals surface area contributed by atoms with E-state index in [-0.39, 0.29) is 25.0 Å².